The van der Waals surface area contributed by atoms with E-state index in [1.54, 1.807) is 22.5 Å². The van der Waals surface area contributed by atoms with Gasteiger partial charge in [-0.1, -0.05) is 0 Å². The van der Waals surface area contributed by atoms with Crippen LogP contribution in [-0.2, 0) is 11.3 Å². The highest BCUT2D eigenvalue weighted by atomic mass is 32.1. The van der Waals surface area contributed by atoms with E-state index < -0.39 is 5.91 Å². The van der Waals surface area contributed by atoms with E-state index in [4.69, 9.17) is 5.73 Å². The number of aromatic nitrogens is 3. The predicted octanol–water partition coefficient (Wildman–Crippen LogP) is 0.930. The van der Waals surface area contributed by atoms with Crippen LogP contribution in [0.5, 0.6) is 0 Å². The fourth-order valence-corrected chi connectivity index (χ4v) is 3.87. The van der Waals surface area contributed by atoms with Crippen LogP contribution in [-0.4, -0.2) is 50.1 Å². The summed E-state index contributed by atoms with van der Waals surface area (Å²) < 4.78 is 1.79. The molecule has 24 heavy (non-hydrogen) atoms. The summed E-state index contributed by atoms with van der Waals surface area (Å²) >= 11 is 1.30. The number of amides is 2. The van der Waals surface area contributed by atoms with Crippen molar-refractivity contribution in [2.45, 2.75) is 38.4 Å². The van der Waals surface area contributed by atoms with Gasteiger partial charge in [-0.2, -0.15) is 5.10 Å². The quantitative estimate of drug-likeness (QED) is 0.808. The first kappa shape index (κ1) is 16.6. The standard InChI is InChI=1S/C15H20N6O2S/c1-10(14(23)19-15-12(13(16)22)4-6-24-15)21-5-2-3-11(21)7-20-9-17-8-18-20/h4,6,8-11H,2-3,5,7H2,1H3,(H2,16,22)(H,19,23)/t10-,11-/m1/s1. The summed E-state index contributed by atoms with van der Waals surface area (Å²) in [5.41, 5.74) is 5.67. The summed E-state index contributed by atoms with van der Waals surface area (Å²) in [7, 11) is 0. The summed E-state index contributed by atoms with van der Waals surface area (Å²) in [6.45, 7) is 3.46. The number of hydrogen-bond acceptors (Lipinski definition) is 6. The van der Waals surface area contributed by atoms with Crippen molar-refractivity contribution < 1.29 is 9.59 Å². The van der Waals surface area contributed by atoms with Gasteiger partial charge in [-0.3, -0.25) is 19.2 Å². The van der Waals surface area contributed by atoms with E-state index in [0.717, 1.165) is 19.4 Å². The van der Waals surface area contributed by atoms with E-state index in [1.807, 2.05) is 6.92 Å². The van der Waals surface area contributed by atoms with Crippen molar-refractivity contribution in [2.75, 3.05) is 11.9 Å². The van der Waals surface area contributed by atoms with Crippen molar-refractivity contribution >= 4 is 28.2 Å². The maximum atomic E-state index is 12.6. The second kappa shape index (κ2) is 7.10. The number of rotatable bonds is 6. The maximum Gasteiger partial charge on any atom is 0.251 e. The Labute approximate surface area is 143 Å². The van der Waals surface area contributed by atoms with E-state index in [1.165, 1.54) is 17.7 Å². The van der Waals surface area contributed by atoms with Crippen molar-refractivity contribution in [1.82, 2.24) is 19.7 Å². The molecule has 0 spiro atoms. The van der Waals surface area contributed by atoms with Gasteiger partial charge in [0.25, 0.3) is 5.91 Å². The number of carbonyl (C=O) groups is 2. The zero-order valence-electron chi connectivity index (χ0n) is 13.4. The second-order valence-electron chi connectivity index (χ2n) is 5.84. The molecule has 3 heterocycles. The van der Waals surface area contributed by atoms with E-state index in [-0.39, 0.29) is 18.0 Å². The van der Waals surface area contributed by atoms with Crippen molar-refractivity contribution in [3.63, 3.8) is 0 Å². The molecule has 1 aliphatic heterocycles. The lowest BCUT2D eigenvalue weighted by Gasteiger charge is -2.29. The summed E-state index contributed by atoms with van der Waals surface area (Å²) in [5.74, 6) is -0.671. The molecule has 0 saturated carbocycles. The largest absolute Gasteiger partial charge is 0.366 e. The van der Waals surface area contributed by atoms with Gasteiger partial charge >= 0.3 is 0 Å². The van der Waals surface area contributed by atoms with Gasteiger partial charge in [0, 0.05) is 6.04 Å². The average molecular weight is 348 g/mol. The van der Waals surface area contributed by atoms with Gasteiger partial charge in [0.05, 0.1) is 18.2 Å². The zero-order chi connectivity index (χ0) is 17.1. The van der Waals surface area contributed by atoms with Gasteiger partial charge < -0.3 is 11.1 Å². The Morgan fingerprint density at radius 1 is 1.54 bits per heavy atom. The molecular weight excluding hydrogens is 328 g/mol. The number of anilines is 1. The first-order valence-electron chi connectivity index (χ1n) is 7.82. The number of primary amides is 1. The van der Waals surface area contributed by atoms with Crippen LogP contribution in [0, 0.1) is 0 Å². The Morgan fingerprint density at radius 3 is 3.08 bits per heavy atom. The molecule has 1 fully saturated rings. The zero-order valence-corrected chi connectivity index (χ0v) is 14.2. The van der Waals surface area contributed by atoms with Gasteiger partial charge in [0.2, 0.25) is 5.91 Å². The van der Waals surface area contributed by atoms with Gasteiger partial charge in [-0.05, 0) is 37.8 Å². The molecule has 1 saturated heterocycles. The third-order valence-corrected chi connectivity index (χ3v) is 5.16. The van der Waals surface area contributed by atoms with Crippen LogP contribution in [0.1, 0.15) is 30.1 Å². The molecular formula is C15H20N6O2S. The molecule has 0 aromatic carbocycles. The molecule has 0 aliphatic carbocycles. The van der Waals surface area contributed by atoms with Crippen LogP contribution in [0.4, 0.5) is 5.00 Å². The Balaban J connectivity index is 1.66. The lowest BCUT2D eigenvalue weighted by Crippen LogP contribution is -2.46. The Morgan fingerprint density at radius 2 is 2.38 bits per heavy atom. The van der Waals surface area contributed by atoms with Gasteiger partial charge in [0.1, 0.15) is 17.7 Å². The van der Waals surface area contributed by atoms with Crippen LogP contribution in [0.25, 0.3) is 0 Å². The highest BCUT2D eigenvalue weighted by Gasteiger charge is 2.32. The Bertz CT molecular complexity index is 713. The number of nitrogens with two attached hydrogens (primary N) is 1. The van der Waals surface area contributed by atoms with E-state index >= 15 is 0 Å². The summed E-state index contributed by atoms with van der Waals surface area (Å²) in [4.78, 5) is 30.1. The molecule has 0 bridgehead atoms. The summed E-state index contributed by atoms with van der Waals surface area (Å²) in [6.07, 6.45) is 5.26. The average Bonchev–Trinajstić information content (AvgIpc) is 3.28. The first-order chi connectivity index (χ1) is 11.6. The highest BCUT2D eigenvalue weighted by molar-refractivity contribution is 7.14. The van der Waals surface area contributed by atoms with Gasteiger partial charge in [-0.25, -0.2) is 4.98 Å². The van der Waals surface area contributed by atoms with Crippen LogP contribution < -0.4 is 11.1 Å². The molecule has 3 N–H and O–H groups in total. The molecule has 9 heteroatoms. The molecule has 1 aliphatic rings. The molecule has 8 nitrogen and oxygen atoms in total. The van der Waals surface area contributed by atoms with Crippen LogP contribution in [0.3, 0.4) is 0 Å². The summed E-state index contributed by atoms with van der Waals surface area (Å²) in [6, 6.07) is 1.56. The molecule has 2 amide bonds. The monoisotopic (exact) mass is 348 g/mol. The smallest absolute Gasteiger partial charge is 0.251 e. The minimum atomic E-state index is -0.538. The minimum Gasteiger partial charge on any atom is -0.366 e. The topological polar surface area (TPSA) is 106 Å². The van der Waals surface area contributed by atoms with Gasteiger partial charge in [0.15, 0.2) is 0 Å². The number of nitrogens with zero attached hydrogens (tertiary/aromatic N) is 4. The van der Waals surface area contributed by atoms with Crippen molar-refractivity contribution in [3.05, 3.63) is 29.7 Å². The molecule has 0 radical (unpaired) electrons. The van der Waals surface area contributed by atoms with Gasteiger partial charge in [-0.15, -0.1) is 11.3 Å². The highest BCUT2D eigenvalue weighted by Crippen LogP contribution is 2.25. The van der Waals surface area contributed by atoms with E-state index in [9.17, 15) is 9.59 Å². The lowest BCUT2D eigenvalue weighted by molar-refractivity contribution is -0.121. The number of thiophene rings is 1. The number of hydrogen-bond donors (Lipinski definition) is 2. The van der Waals surface area contributed by atoms with Crippen molar-refractivity contribution in [2.24, 2.45) is 5.73 Å². The van der Waals surface area contributed by atoms with Crippen LogP contribution >= 0.6 is 11.3 Å². The molecule has 2 aromatic rings. The molecule has 0 unspecified atom stereocenters. The Kier molecular flexibility index (Phi) is 4.91. The van der Waals surface area contributed by atoms with E-state index in [2.05, 4.69) is 20.3 Å². The lowest BCUT2D eigenvalue weighted by atomic mass is 10.2. The fourth-order valence-electron chi connectivity index (χ4n) is 3.07. The third-order valence-electron chi connectivity index (χ3n) is 4.33. The predicted molar refractivity (Wildman–Crippen MR) is 90.7 cm³/mol. The molecule has 2 atom stereocenters. The van der Waals surface area contributed by atoms with Crippen molar-refractivity contribution in [3.8, 4) is 0 Å². The Hall–Kier alpha value is -2.26. The molecule has 128 valence electrons. The number of carbonyl (C=O) groups excluding carboxylic acids is 2. The molecule has 3 rings (SSSR count). The SMILES string of the molecule is C[C@H](C(=O)Nc1sccc1C(N)=O)N1CCC[C@@H]1Cn1cncn1. The van der Waals surface area contributed by atoms with E-state index in [0.29, 0.717) is 17.1 Å². The number of likely N-dealkylation sites (tertiary alicyclic amines) is 1. The van der Waals surface area contributed by atoms with Crippen LogP contribution in [0.2, 0.25) is 0 Å². The number of nitrogens with one attached hydrogen (secondary N) is 1. The third kappa shape index (κ3) is 3.46. The minimum absolute atomic E-state index is 0.134. The van der Waals surface area contributed by atoms with Crippen molar-refractivity contribution in [1.29, 1.82) is 0 Å². The fraction of sp³-hybridized carbons (Fsp3) is 0.467. The summed E-state index contributed by atoms with van der Waals surface area (Å²) in [5, 5.41) is 9.21. The second-order valence-corrected chi connectivity index (χ2v) is 6.76. The normalized spacial score (nSPS) is 19.3. The molecule has 2 aromatic heterocycles. The van der Waals surface area contributed by atoms with Crippen LogP contribution in [0.15, 0.2) is 24.1 Å². The maximum absolute atomic E-state index is 12.6. The first-order valence-corrected chi connectivity index (χ1v) is 8.70.